The van der Waals surface area contributed by atoms with Crippen molar-refractivity contribution < 1.29 is 4.74 Å². The van der Waals surface area contributed by atoms with Gasteiger partial charge in [0, 0.05) is 26.0 Å². The summed E-state index contributed by atoms with van der Waals surface area (Å²) in [7, 11) is 1.70. The van der Waals surface area contributed by atoms with Crippen LogP contribution in [-0.4, -0.2) is 52.8 Å². The molecule has 0 spiro atoms. The van der Waals surface area contributed by atoms with E-state index in [1.165, 1.54) is 6.42 Å². The summed E-state index contributed by atoms with van der Waals surface area (Å²) in [5.74, 6) is 1.76. The minimum Gasteiger partial charge on any atom is -0.383 e. The van der Waals surface area contributed by atoms with Gasteiger partial charge in [-0.3, -0.25) is 0 Å². The summed E-state index contributed by atoms with van der Waals surface area (Å²) in [5, 5.41) is 16.0. The maximum atomic E-state index is 4.97. The third kappa shape index (κ3) is 5.79. The Morgan fingerprint density at radius 1 is 1.44 bits per heavy atom. The molecule has 0 radical (unpaired) electrons. The van der Waals surface area contributed by atoms with E-state index in [4.69, 9.17) is 4.74 Å². The molecule has 7 heteroatoms. The van der Waals surface area contributed by atoms with Crippen LogP contribution in [0.4, 0.5) is 0 Å². The van der Waals surface area contributed by atoms with E-state index in [9.17, 15) is 0 Å². The molecule has 1 atom stereocenters. The zero-order valence-electron chi connectivity index (χ0n) is 11.4. The Morgan fingerprint density at radius 2 is 2.28 bits per heavy atom. The highest BCUT2D eigenvalue weighted by Gasteiger charge is 2.08. The van der Waals surface area contributed by atoms with Crippen molar-refractivity contribution in [3.05, 3.63) is 0 Å². The van der Waals surface area contributed by atoms with Crippen molar-refractivity contribution >= 4 is 11.8 Å². The number of rotatable bonds is 10. The Bertz CT molecular complexity index is 320. The highest BCUT2D eigenvalue weighted by Crippen LogP contribution is 2.18. The van der Waals surface area contributed by atoms with E-state index >= 15 is 0 Å². The van der Waals surface area contributed by atoms with Crippen LogP contribution in [0.25, 0.3) is 0 Å². The lowest BCUT2D eigenvalue weighted by molar-refractivity contribution is 0.199. The largest absolute Gasteiger partial charge is 0.383 e. The standard InChI is InChI=1S/C11H23N5OS/c1-4-10(2)9-18-11-13-14-15-16(11)7-5-12-6-8-17-3/h10,12H,4-9H2,1-3H3. The Morgan fingerprint density at radius 3 is 3.00 bits per heavy atom. The zero-order chi connectivity index (χ0) is 13.2. The molecule has 0 amide bonds. The van der Waals surface area contributed by atoms with Crippen LogP contribution in [-0.2, 0) is 11.3 Å². The normalized spacial score (nSPS) is 12.8. The monoisotopic (exact) mass is 273 g/mol. The van der Waals surface area contributed by atoms with Crippen LogP contribution >= 0.6 is 11.8 Å². The van der Waals surface area contributed by atoms with Gasteiger partial charge in [-0.25, -0.2) is 4.68 Å². The number of hydrogen-bond acceptors (Lipinski definition) is 6. The first-order valence-electron chi connectivity index (χ1n) is 6.36. The number of tetrazole rings is 1. The molecule has 6 nitrogen and oxygen atoms in total. The van der Waals surface area contributed by atoms with Crippen molar-refractivity contribution in [1.82, 2.24) is 25.5 Å². The fraction of sp³-hybridized carbons (Fsp3) is 0.909. The minimum absolute atomic E-state index is 0.694. The maximum absolute atomic E-state index is 4.97. The van der Waals surface area contributed by atoms with E-state index in [1.807, 2.05) is 4.68 Å². The molecule has 1 heterocycles. The molecule has 0 aliphatic carbocycles. The number of aromatic nitrogens is 4. The van der Waals surface area contributed by atoms with Crippen LogP contribution in [0.3, 0.4) is 0 Å². The molecular weight excluding hydrogens is 250 g/mol. The summed E-state index contributed by atoms with van der Waals surface area (Å²) in [5.41, 5.74) is 0. The van der Waals surface area contributed by atoms with E-state index in [2.05, 4.69) is 34.7 Å². The minimum atomic E-state index is 0.694. The third-order valence-electron chi connectivity index (χ3n) is 2.68. The fourth-order valence-electron chi connectivity index (χ4n) is 1.26. The Kier molecular flexibility index (Phi) is 7.95. The van der Waals surface area contributed by atoms with E-state index in [0.717, 1.165) is 37.2 Å². The summed E-state index contributed by atoms with van der Waals surface area (Å²) in [6.07, 6.45) is 1.19. The summed E-state index contributed by atoms with van der Waals surface area (Å²) in [4.78, 5) is 0. The second kappa shape index (κ2) is 9.29. The van der Waals surface area contributed by atoms with E-state index in [1.54, 1.807) is 18.9 Å². The molecule has 0 saturated carbocycles. The summed E-state index contributed by atoms with van der Waals surface area (Å²) in [6.45, 7) is 7.67. The maximum Gasteiger partial charge on any atom is 0.209 e. The van der Waals surface area contributed by atoms with Crippen LogP contribution in [0.1, 0.15) is 20.3 Å². The van der Waals surface area contributed by atoms with Crippen LogP contribution in [0, 0.1) is 5.92 Å². The molecule has 1 rings (SSSR count). The number of methoxy groups -OCH3 is 1. The molecule has 1 aromatic heterocycles. The molecule has 1 aromatic rings. The predicted molar refractivity (Wildman–Crippen MR) is 72.7 cm³/mol. The van der Waals surface area contributed by atoms with Crippen molar-refractivity contribution in [2.75, 3.05) is 32.6 Å². The van der Waals surface area contributed by atoms with E-state index in [0.29, 0.717) is 5.92 Å². The van der Waals surface area contributed by atoms with Crippen molar-refractivity contribution in [2.45, 2.75) is 32.0 Å². The molecular formula is C11H23N5OS. The first-order chi connectivity index (χ1) is 8.77. The van der Waals surface area contributed by atoms with E-state index in [-0.39, 0.29) is 0 Å². The Balaban J connectivity index is 2.26. The summed E-state index contributed by atoms with van der Waals surface area (Å²) < 4.78 is 6.82. The zero-order valence-corrected chi connectivity index (χ0v) is 12.2. The first kappa shape index (κ1) is 15.4. The summed E-state index contributed by atoms with van der Waals surface area (Å²) >= 11 is 1.73. The predicted octanol–water partition coefficient (Wildman–Crippen LogP) is 1.05. The fourth-order valence-corrected chi connectivity index (χ4v) is 2.30. The van der Waals surface area contributed by atoms with Gasteiger partial charge in [-0.15, -0.1) is 5.10 Å². The molecule has 0 aliphatic heterocycles. The Hall–Kier alpha value is -0.660. The molecule has 104 valence electrons. The average molecular weight is 273 g/mol. The van der Waals surface area contributed by atoms with Gasteiger partial charge in [-0.05, 0) is 16.3 Å². The highest BCUT2D eigenvalue weighted by molar-refractivity contribution is 7.99. The number of nitrogens with one attached hydrogen (secondary N) is 1. The van der Waals surface area contributed by atoms with E-state index < -0.39 is 0 Å². The second-order valence-electron chi connectivity index (χ2n) is 4.25. The Labute approximate surface area is 113 Å². The van der Waals surface area contributed by atoms with Gasteiger partial charge in [-0.1, -0.05) is 32.0 Å². The molecule has 1 N–H and O–H groups in total. The van der Waals surface area contributed by atoms with Crippen molar-refractivity contribution in [3.8, 4) is 0 Å². The lowest BCUT2D eigenvalue weighted by Crippen LogP contribution is -2.24. The van der Waals surface area contributed by atoms with Crippen molar-refractivity contribution in [1.29, 1.82) is 0 Å². The van der Waals surface area contributed by atoms with Gasteiger partial charge in [0.2, 0.25) is 5.16 Å². The molecule has 0 saturated heterocycles. The number of hydrogen-bond donors (Lipinski definition) is 1. The van der Waals surface area contributed by atoms with Gasteiger partial charge in [0.15, 0.2) is 0 Å². The van der Waals surface area contributed by atoms with Gasteiger partial charge in [0.1, 0.15) is 0 Å². The molecule has 0 aliphatic rings. The van der Waals surface area contributed by atoms with Gasteiger partial charge in [0.05, 0.1) is 13.2 Å². The number of ether oxygens (including phenoxy) is 1. The molecule has 0 aromatic carbocycles. The second-order valence-corrected chi connectivity index (χ2v) is 5.24. The molecule has 0 bridgehead atoms. The molecule has 1 unspecified atom stereocenters. The lowest BCUT2D eigenvalue weighted by atomic mass is 10.2. The topological polar surface area (TPSA) is 64.9 Å². The molecule has 0 fully saturated rings. The number of thioether (sulfide) groups is 1. The lowest BCUT2D eigenvalue weighted by Gasteiger charge is -2.08. The SMILES string of the molecule is CCC(C)CSc1nnnn1CCNCCOC. The van der Waals surface area contributed by atoms with Crippen LogP contribution < -0.4 is 5.32 Å². The van der Waals surface area contributed by atoms with Gasteiger partial charge < -0.3 is 10.1 Å². The van der Waals surface area contributed by atoms with Gasteiger partial charge in [0.25, 0.3) is 0 Å². The summed E-state index contributed by atoms with van der Waals surface area (Å²) in [6, 6.07) is 0. The van der Waals surface area contributed by atoms with Crippen LogP contribution in [0.5, 0.6) is 0 Å². The number of nitrogens with zero attached hydrogens (tertiary/aromatic N) is 4. The third-order valence-corrected chi connectivity index (χ3v) is 3.96. The van der Waals surface area contributed by atoms with Gasteiger partial charge in [-0.2, -0.15) is 0 Å². The van der Waals surface area contributed by atoms with Crippen LogP contribution in [0.2, 0.25) is 0 Å². The van der Waals surface area contributed by atoms with Crippen molar-refractivity contribution in [2.24, 2.45) is 5.92 Å². The molecule has 18 heavy (non-hydrogen) atoms. The highest BCUT2D eigenvalue weighted by atomic mass is 32.2. The van der Waals surface area contributed by atoms with Crippen molar-refractivity contribution in [3.63, 3.8) is 0 Å². The average Bonchev–Trinajstić information content (AvgIpc) is 2.83. The van der Waals surface area contributed by atoms with Gasteiger partial charge >= 0.3 is 0 Å². The first-order valence-corrected chi connectivity index (χ1v) is 7.35. The smallest absolute Gasteiger partial charge is 0.209 e. The quantitative estimate of drug-likeness (QED) is 0.508. The van der Waals surface area contributed by atoms with Crippen LogP contribution in [0.15, 0.2) is 5.16 Å².